The molecule has 1 aromatic rings. The molecule has 0 N–H and O–H groups in total. The van der Waals surface area contributed by atoms with Crippen LogP contribution in [0.15, 0.2) is 31.0 Å². The van der Waals surface area contributed by atoms with E-state index in [2.05, 4.69) is 6.58 Å². The highest BCUT2D eigenvalue weighted by molar-refractivity contribution is 5.49. The first-order chi connectivity index (χ1) is 8.06. The van der Waals surface area contributed by atoms with Crippen molar-refractivity contribution in [2.75, 3.05) is 6.61 Å². The average molecular weight is 238 g/mol. The third-order valence-corrected chi connectivity index (χ3v) is 2.08. The molecule has 0 atom stereocenters. The SMILES string of the molecule is C=COCCc1ccc([N+](=O)[O-])cc1[N+](=O)[O-]. The van der Waals surface area contributed by atoms with Crippen molar-refractivity contribution in [3.05, 3.63) is 56.8 Å². The van der Waals surface area contributed by atoms with E-state index in [1.165, 1.54) is 18.4 Å². The number of nitro groups is 2. The molecule has 0 aliphatic heterocycles. The summed E-state index contributed by atoms with van der Waals surface area (Å²) in [6.07, 6.45) is 1.53. The maximum Gasteiger partial charge on any atom is 0.279 e. The minimum absolute atomic E-state index is 0.238. The molecule has 0 saturated carbocycles. The van der Waals surface area contributed by atoms with Gasteiger partial charge in [0.25, 0.3) is 11.4 Å². The third-order valence-electron chi connectivity index (χ3n) is 2.08. The summed E-state index contributed by atoms with van der Waals surface area (Å²) < 4.78 is 4.86. The van der Waals surface area contributed by atoms with Gasteiger partial charge in [0.05, 0.1) is 28.8 Å². The lowest BCUT2D eigenvalue weighted by molar-refractivity contribution is -0.394. The van der Waals surface area contributed by atoms with Crippen molar-refractivity contribution in [2.24, 2.45) is 0 Å². The first kappa shape index (κ1) is 12.6. The lowest BCUT2D eigenvalue weighted by Crippen LogP contribution is -2.00. The zero-order valence-electron chi connectivity index (χ0n) is 8.87. The summed E-state index contributed by atoms with van der Waals surface area (Å²) in [6.45, 7) is 3.58. The lowest BCUT2D eigenvalue weighted by Gasteiger charge is -2.02. The van der Waals surface area contributed by atoms with Gasteiger partial charge in [-0.3, -0.25) is 20.2 Å². The maximum atomic E-state index is 10.8. The predicted octanol–water partition coefficient (Wildman–Crippen LogP) is 2.21. The highest BCUT2D eigenvalue weighted by Gasteiger charge is 2.18. The van der Waals surface area contributed by atoms with Gasteiger partial charge in [-0.15, -0.1) is 0 Å². The van der Waals surface area contributed by atoms with Crippen LogP contribution in [0.25, 0.3) is 0 Å². The van der Waals surface area contributed by atoms with Gasteiger partial charge < -0.3 is 4.74 Å². The molecular weight excluding hydrogens is 228 g/mol. The van der Waals surface area contributed by atoms with Crippen LogP contribution < -0.4 is 0 Å². The fraction of sp³-hybridized carbons (Fsp3) is 0.200. The summed E-state index contributed by atoms with van der Waals surface area (Å²) in [5.41, 5.74) is -0.181. The Hall–Kier alpha value is -2.44. The highest BCUT2D eigenvalue weighted by Crippen LogP contribution is 2.24. The van der Waals surface area contributed by atoms with Crippen LogP contribution in [0.1, 0.15) is 5.56 Å². The molecule has 7 heteroatoms. The number of ether oxygens (including phenoxy) is 1. The minimum Gasteiger partial charge on any atom is -0.501 e. The molecule has 0 spiro atoms. The molecule has 0 heterocycles. The molecular formula is C10H10N2O5. The summed E-state index contributed by atoms with van der Waals surface area (Å²) in [5.74, 6) is 0. The van der Waals surface area contributed by atoms with Crippen molar-refractivity contribution in [1.29, 1.82) is 0 Å². The van der Waals surface area contributed by atoms with E-state index in [0.717, 1.165) is 6.07 Å². The van der Waals surface area contributed by atoms with Gasteiger partial charge in [0.1, 0.15) is 0 Å². The molecule has 90 valence electrons. The second kappa shape index (κ2) is 5.59. The van der Waals surface area contributed by atoms with Gasteiger partial charge in [-0.1, -0.05) is 6.58 Å². The van der Waals surface area contributed by atoms with Crippen molar-refractivity contribution in [2.45, 2.75) is 6.42 Å². The number of hydrogen-bond acceptors (Lipinski definition) is 5. The molecule has 0 aliphatic carbocycles. The first-order valence-corrected chi connectivity index (χ1v) is 4.70. The highest BCUT2D eigenvalue weighted by atomic mass is 16.6. The van der Waals surface area contributed by atoms with Gasteiger partial charge in [0.15, 0.2) is 0 Å². The molecule has 7 nitrogen and oxygen atoms in total. The number of benzene rings is 1. The van der Waals surface area contributed by atoms with Gasteiger partial charge in [0.2, 0.25) is 0 Å². The fourth-order valence-electron chi connectivity index (χ4n) is 1.30. The van der Waals surface area contributed by atoms with Crippen LogP contribution in [0, 0.1) is 20.2 Å². The number of rotatable bonds is 6. The Morgan fingerprint density at radius 3 is 2.53 bits per heavy atom. The van der Waals surface area contributed by atoms with Crippen LogP contribution in [0.4, 0.5) is 11.4 Å². The zero-order valence-corrected chi connectivity index (χ0v) is 8.87. The Morgan fingerprint density at radius 1 is 1.29 bits per heavy atom. The maximum absolute atomic E-state index is 10.8. The Morgan fingerprint density at radius 2 is 2.00 bits per heavy atom. The van der Waals surface area contributed by atoms with E-state index in [-0.39, 0.29) is 18.0 Å². The summed E-state index contributed by atoms with van der Waals surface area (Å²) in [6, 6.07) is 3.54. The average Bonchev–Trinajstić information content (AvgIpc) is 2.29. The molecule has 0 radical (unpaired) electrons. The predicted molar refractivity (Wildman–Crippen MR) is 59.6 cm³/mol. The first-order valence-electron chi connectivity index (χ1n) is 4.70. The zero-order chi connectivity index (χ0) is 12.8. The fourth-order valence-corrected chi connectivity index (χ4v) is 1.30. The lowest BCUT2D eigenvalue weighted by atomic mass is 10.1. The van der Waals surface area contributed by atoms with E-state index < -0.39 is 9.85 Å². The summed E-state index contributed by atoms with van der Waals surface area (Å²) in [5, 5.41) is 21.2. The van der Waals surface area contributed by atoms with Crippen LogP contribution >= 0.6 is 0 Å². The summed E-state index contributed by atoms with van der Waals surface area (Å²) >= 11 is 0. The van der Waals surface area contributed by atoms with Crippen LogP contribution in [0.2, 0.25) is 0 Å². The molecule has 0 aromatic heterocycles. The number of hydrogen-bond donors (Lipinski definition) is 0. The van der Waals surface area contributed by atoms with Crippen LogP contribution in [0.5, 0.6) is 0 Å². The van der Waals surface area contributed by atoms with Crippen molar-refractivity contribution >= 4 is 11.4 Å². The molecule has 1 rings (SSSR count). The Balaban J connectivity index is 3.00. The second-order valence-electron chi connectivity index (χ2n) is 3.11. The molecule has 1 aromatic carbocycles. The van der Waals surface area contributed by atoms with Crippen molar-refractivity contribution in [3.8, 4) is 0 Å². The van der Waals surface area contributed by atoms with E-state index in [0.29, 0.717) is 12.0 Å². The van der Waals surface area contributed by atoms with E-state index in [1.807, 2.05) is 0 Å². The van der Waals surface area contributed by atoms with Gasteiger partial charge in [-0.25, -0.2) is 0 Å². The van der Waals surface area contributed by atoms with Gasteiger partial charge in [-0.05, 0) is 6.07 Å². The molecule has 17 heavy (non-hydrogen) atoms. The molecule has 0 fully saturated rings. The standard InChI is InChI=1S/C10H10N2O5/c1-2-17-6-5-8-3-4-9(11(13)14)7-10(8)12(15)16/h2-4,7H,1,5-6H2. The summed E-state index contributed by atoms with van der Waals surface area (Å²) in [7, 11) is 0. The van der Waals surface area contributed by atoms with Gasteiger partial charge in [-0.2, -0.15) is 0 Å². The largest absolute Gasteiger partial charge is 0.501 e. The number of nitrogens with zero attached hydrogens (tertiary/aromatic N) is 2. The van der Waals surface area contributed by atoms with Gasteiger partial charge in [0, 0.05) is 18.1 Å². The van der Waals surface area contributed by atoms with Crippen LogP contribution in [-0.2, 0) is 11.2 Å². The van der Waals surface area contributed by atoms with E-state index in [1.54, 1.807) is 0 Å². The van der Waals surface area contributed by atoms with E-state index in [4.69, 9.17) is 4.74 Å². The monoisotopic (exact) mass is 238 g/mol. The Labute approximate surface area is 96.6 Å². The van der Waals surface area contributed by atoms with Crippen molar-refractivity contribution in [3.63, 3.8) is 0 Å². The van der Waals surface area contributed by atoms with E-state index >= 15 is 0 Å². The number of non-ortho nitro benzene ring substituents is 1. The van der Waals surface area contributed by atoms with Crippen LogP contribution in [0.3, 0.4) is 0 Å². The normalized spacial score (nSPS) is 9.65. The minimum atomic E-state index is -0.670. The van der Waals surface area contributed by atoms with E-state index in [9.17, 15) is 20.2 Å². The molecule has 0 unspecified atom stereocenters. The number of nitro benzene ring substituents is 2. The molecule has 0 saturated heterocycles. The quantitative estimate of drug-likeness (QED) is 0.327. The van der Waals surface area contributed by atoms with Crippen molar-refractivity contribution < 1.29 is 14.6 Å². The molecule has 0 amide bonds. The smallest absolute Gasteiger partial charge is 0.279 e. The topological polar surface area (TPSA) is 95.5 Å². The van der Waals surface area contributed by atoms with Crippen molar-refractivity contribution in [1.82, 2.24) is 0 Å². The summed E-state index contributed by atoms with van der Waals surface area (Å²) in [4.78, 5) is 19.9. The van der Waals surface area contributed by atoms with Gasteiger partial charge >= 0.3 is 0 Å². The molecule has 0 aliphatic rings. The molecule has 0 bridgehead atoms. The van der Waals surface area contributed by atoms with Crippen LogP contribution in [-0.4, -0.2) is 16.5 Å². The third kappa shape index (κ3) is 3.26. The Kier molecular flexibility index (Phi) is 4.15. The second-order valence-corrected chi connectivity index (χ2v) is 3.11. The Bertz CT molecular complexity index is 458.